The van der Waals surface area contributed by atoms with Gasteiger partial charge >= 0.3 is 5.97 Å². The topological polar surface area (TPSA) is 91.7 Å². The second kappa shape index (κ2) is 8.32. The predicted molar refractivity (Wildman–Crippen MR) is 109 cm³/mol. The second-order valence-corrected chi connectivity index (χ2v) is 8.35. The van der Waals surface area contributed by atoms with Gasteiger partial charge in [0.05, 0.1) is 26.7 Å². The Morgan fingerprint density at radius 1 is 1.15 bits per heavy atom. The Bertz CT molecular complexity index is 997. The normalized spacial score (nSPS) is 12.7. The van der Waals surface area contributed by atoms with Gasteiger partial charge in [-0.1, -0.05) is 42.1 Å². The number of rotatable bonds is 6. The number of hydrogen-bond donors (Lipinski definition) is 2. The number of aromatic carboxylic acids is 1. The highest BCUT2D eigenvalue weighted by Gasteiger charge is 2.17. The number of nitrogens with zero attached hydrogens (tertiary/aromatic N) is 2. The van der Waals surface area contributed by atoms with Gasteiger partial charge in [0.1, 0.15) is 0 Å². The summed E-state index contributed by atoms with van der Waals surface area (Å²) in [5.41, 5.74) is 4.47. The fourth-order valence-electron chi connectivity index (χ4n) is 2.38. The minimum atomic E-state index is -1.04. The minimum Gasteiger partial charge on any atom is -0.478 e. The summed E-state index contributed by atoms with van der Waals surface area (Å²) in [5.74, 6) is -1.31. The molecule has 2 N–H and O–H groups in total. The number of amides is 1. The Hall–Kier alpha value is -2.71. The fraction of sp³-hybridized carbons (Fsp3) is 0.158. The molecule has 1 aromatic heterocycles. The van der Waals surface area contributed by atoms with E-state index in [0.717, 1.165) is 14.6 Å². The highest BCUT2D eigenvalue weighted by atomic mass is 32.2. The van der Waals surface area contributed by atoms with Gasteiger partial charge in [0.15, 0.2) is 4.34 Å². The molecular formula is C19H17N3O3S2. The third kappa shape index (κ3) is 4.53. The number of aromatic nitrogens is 1. The molecule has 0 saturated carbocycles. The zero-order chi connectivity index (χ0) is 19.4. The molecule has 0 spiro atoms. The van der Waals surface area contributed by atoms with Crippen LogP contribution in [-0.4, -0.2) is 32.9 Å². The third-order valence-corrected chi connectivity index (χ3v) is 6.03. The van der Waals surface area contributed by atoms with Crippen molar-refractivity contribution in [1.29, 1.82) is 0 Å². The predicted octanol–water partition coefficient (Wildman–Crippen LogP) is 4.02. The molecule has 0 aliphatic carbocycles. The van der Waals surface area contributed by atoms with Gasteiger partial charge < -0.3 is 5.11 Å². The average molecular weight is 399 g/mol. The van der Waals surface area contributed by atoms with Gasteiger partial charge in [0, 0.05) is 5.56 Å². The zero-order valence-electron chi connectivity index (χ0n) is 14.7. The number of carboxylic acid groups (broad SMARTS) is 1. The van der Waals surface area contributed by atoms with Gasteiger partial charge in [0.25, 0.3) is 5.91 Å². The Labute approximate surface area is 164 Å². The number of thioether (sulfide) groups is 1. The van der Waals surface area contributed by atoms with Crippen LogP contribution >= 0.6 is 23.1 Å². The molecule has 2 aromatic carbocycles. The number of carboxylic acids is 1. The minimum absolute atomic E-state index is 0.143. The van der Waals surface area contributed by atoms with Crippen LogP contribution in [0.5, 0.6) is 0 Å². The lowest BCUT2D eigenvalue weighted by molar-refractivity contribution is -0.120. The van der Waals surface area contributed by atoms with Gasteiger partial charge in [-0.25, -0.2) is 15.2 Å². The lowest BCUT2D eigenvalue weighted by atomic mass is 10.0. The molecule has 1 heterocycles. The maximum Gasteiger partial charge on any atom is 0.336 e. The smallest absolute Gasteiger partial charge is 0.336 e. The van der Waals surface area contributed by atoms with Crippen LogP contribution in [0.1, 0.15) is 29.8 Å². The molecule has 8 heteroatoms. The van der Waals surface area contributed by atoms with Crippen molar-refractivity contribution in [3.05, 3.63) is 59.7 Å². The average Bonchev–Trinajstić information content (AvgIpc) is 3.07. The standard InChI is InChI=1S/C19H17N3O3S2/c1-11(13-7-3-4-8-14(13)18(24)25)21-22-17(23)12(2)26-19-20-15-9-5-6-10-16(15)27-19/h3-10,12H,1-2H3,(H,22,23)(H,24,25)/b21-11-/t12-/m1/s1. The van der Waals surface area contributed by atoms with Crippen LogP contribution in [0.4, 0.5) is 0 Å². The first-order valence-corrected chi connectivity index (χ1v) is 9.84. The van der Waals surface area contributed by atoms with Crippen molar-refractivity contribution in [3.63, 3.8) is 0 Å². The SMILES string of the molecule is C/C(=N/NC(=O)[C@@H](C)Sc1nc2ccccc2s1)c1ccccc1C(=O)O. The Balaban J connectivity index is 1.67. The fourth-order valence-corrected chi connectivity index (χ4v) is 4.59. The highest BCUT2D eigenvalue weighted by molar-refractivity contribution is 8.02. The van der Waals surface area contributed by atoms with Crippen molar-refractivity contribution in [3.8, 4) is 0 Å². The van der Waals surface area contributed by atoms with Crippen molar-refractivity contribution in [2.24, 2.45) is 5.10 Å². The molecule has 0 aliphatic heterocycles. The number of carbonyl (C=O) groups is 2. The number of hydrazone groups is 1. The molecule has 0 unspecified atom stereocenters. The third-order valence-electron chi connectivity index (χ3n) is 3.80. The maximum atomic E-state index is 12.3. The van der Waals surface area contributed by atoms with Gasteiger partial charge in [-0.05, 0) is 32.0 Å². The number of nitrogens with one attached hydrogen (secondary N) is 1. The largest absolute Gasteiger partial charge is 0.478 e. The van der Waals surface area contributed by atoms with Gasteiger partial charge in [-0.3, -0.25) is 4.79 Å². The van der Waals surface area contributed by atoms with E-state index in [2.05, 4.69) is 15.5 Å². The van der Waals surface area contributed by atoms with E-state index < -0.39 is 11.2 Å². The Morgan fingerprint density at radius 2 is 1.81 bits per heavy atom. The maximum absolute atomic E-state index is 12.3. The first-order valence-electron chi connectivity index (χ1n) is 8.15. The van der Waals surface area contributed by atoms with Crippen molar-refractivity contribution in [2.75, 3.05) is 0 Å². The van der Waals surface area contributed by atoms with Gasteiger partial charge in [-0.15, -0.1) is 11.3 Å². The van der Waals surface area contributed by atoms with E-state index in [9.17, 15) is 14.7 Å². The van der Waals surface area contributed by atoms with Crippen LogP contribution in [0, 0.1) is 0 Å². The summed E-state index contributed by atoms with van der Waals surface area (Å²) in [5, 5.41) is 12.9. The summed E-state index contributed by atoms with van der Waals surface area (Å²) in [7, 11) is 0. The first-order chi connectivity index (χ1) is 13.0. The molecule has 0 aliphatic rings. The number of fused-ring (bicyclic) bond motifs is 1. The van der Waals surface area contributed by atoms with Gasteiger partial charge in [-0.2, -0.15) is 5.10 Å². The van der Waals surface area contributed by atoms with E-state index in [0.29, 0.717) is 11.3 Å². The van der Waals surface area contributed by atoms with E-state index >= 15 is 0 Å². The van der Waals surface area contributed by atoms with E-state index in [-0.39, 0.29) is 11.5 Å². The number of thiazole rings is 1. The second-order valence-electron chi connectivity index (χ2n) is 5.73. The summed E-state index contributed by atoms with van der Waals surface area (Å²) >= 11 is 2.91. The molecule has 1 atom stereocenters. The highest BCUT2D eigenvalue weighted by Crippen LogP contribution is 2.31. The van der Waals surface area contributed by atoms with Crippen LogP contribution < -0.4 is 5.43 Å². The quantitative estimate of drug-likeness (QED) is 0.371. The number of para-hydroxylation sites is 1. The molecular weight excluding hydrogens is 382 g/mol. The molecule has 0 fully saturated rings. The molecule has 0 radical (unpaired) electrons. The Morgan fingerprint density at radius 3 is 2.52 bits per heavy atom. The number of hydrogen-bond acceptors (Lipinski definition) is 6. The summed E-state index contributed by atoms with van der Waals surface area (Å²) in [6.07, 6.45) is 0. The van der Waals surface area contributed by atoms with E-state index in [4.69, 9.17) is 0 Å². The van der Waals surface area contributed by atoms with Crippen LogP contribution in [0.2, 0.25) is 0 Å². The zero-order valence-corrected chi connectivity index (χ0v) is 16.3. The van der Waals surface area contributed by atoms with Crippen LogP contribution in [0.25, 0.3) is 10.2 Å². The van der Waals surface area contributed by atoms with Crippen molar-refractivity contribution < 1.29 is 14.7 Å². The summed E-state index contributed by atoms with van der Waals surface area (Å²) in [6, 6.07) is 14.4. The first kappa shape index (κ1) is 19.1. The van der Waals surface area contributed by atoms with Crippen molar-refractivity contribution >= 4 is 50.9 Å². The lowest BCUT2D eigenvalue weighted by Gasteiger charge is -2.09. The van der Waals surface area contributed by atoms with Crippen molar-refractivity contribution in [2.45, 2.75) is 23.4 Å². The molecule has 27 heavy (non-hydrogen) atoms. The Kier molecular flexibility index (Phi) is 5.88. The molecule has 6 nitrogen and oxygen atoms in total. The van der Waals surface area contributed by atoms with Crippen LogP contribution in [0.15, 0.2) is 58.0 Å². The molecule has 0 saturated heterocycles. The molecule has 3 rings (SSSR count). The van der Waals surface area contributed by atoms with Crippen LogP contribution in [-0.2, 0) is 4.79 Å². The summed E-state index contributed by atoms with van der Waals surface area (Å²) in [4.78, 5) is 28.1. The van der Waals surface area contributed by atoms with Gasteiger partial charge in [0.2, 0.25) is 0 Å². The summed E-state index contributed by atoms with van der Waals surface area (Å²) < 4.78 is 1.89. The lowest BCUT2D eigenvalue weighted by Crippen LogP contribution is -2.27. The molecule has 138 valence electrons. The molecule has 3 aromatic rings. The molecule has 0 bridgehead atoms. The number of benzene rings is 2. The summed E-state index contributed by atoms with van der Waals surface area (Å²) in [6.45, 7) is 3.44. The monoisotopic (exact) mass is 399 g/mol. The van der Waals surface area contributed by atoms with Crippen molar-refractivity contribution in [1.82, 2.24) is 10.4 Å². The molecule has 1 amide bonds. The van der Waals surface area contributed by atoms with E-state index in [1.165, 1.54) is 17.8 Å². The van der Waals surface area contributed by atoms with E-state index in [1.54, 1.807) is 43.4 Å². The van der Waals surface area contributed by atoms with E-state index in [1.807, 2.05) is 24.3 Å². The van der Waals surface area contributed by atoms with Crippen LogP contribution in [0.3, 0.4) is 0 Å². The number of carbonyl (C=O) groups excluding carboxylic acids is 1.